The number of carbonyl (C=O) groups is 2. The molecule has 1 saturated heterocycles. The van der Waals surface area contributed by atoms with E-state index in [2.05, 4.69) is 10.2 Å². The van der Waals surface area contributed by atoms with E-state index < -0.39 is 0 Å². The molecule has 8 heteroatoms. The van der Waals surface area contributed by atoms with Gasteiger partial charge in [0.15, 0.2) is 0 Å². The highest BCUT2D eigenvalue weighted by molar-refractivity contribution is 6.30. The maximum absolute atomic E-state index is 12.6. The van der Waals surface area contributed by atoms with E-state index in [9.17, 15) is 9.59 Å². The van der Waals surface area contributed by atoms with Crippen molar-refractivity contribution in [1.82, 2.24) is 15.1 Å². The summed E-state index contributed by atoms with van der Waals surface area (Å²) < 4.78 is 11.0. The van der Waals surface area contributed by atoms with E-state index in [1.54, 1.807) is 11.8 Å². The normalized spacial score (nSPS) is 20.7. The number of nitrogens with one attached hydrogen (secondary N) is 1. The number of hydrogen-bond acceptors (Lipinski definition) is 5. The van der Waals surface area contributed by atoms with E-state index in [1.165, 1.54) is 0 Å². The fourth-order valence-corrected chi connectivity index (χ4v) is 3.92. The minimum absolute atomic E-state index is 0.00716. The van der Waals surface area contributed by atoms with Gasteiger partial charge in [0.25, 0.3) is 0 Å². The first kappa shape index (κ1) is 20.7. The number of fused-ring (bicyclic) bond motifs is 1. The van der Waals surface area contributed by atoms with Gasteiger partial charge in [0.05, 0.1) is 13.2 Å². The molecule has 7 nitrogen and oxygen atoms in total. The average Bonchev–Trinajstić information content (AvgIpc) is 2.79. The van der Waals surface area contributed by atoms with E-state index in [4.69, 9.17) is 21.1 Å². The summed E-state index contributed by atoms with van der Waals surface area (Å²) in [5.74, 6) is 0.818. The summed E-state index contributed by atoms with van der Waals surface area (Å²) >= 11 is 6.11. The number of amides is 2. The number of piperidine rings is 1. The van der Waals surface area contributed by atoms with E-state index in [0.717, 1.165) is 24.2 Å². The average molecular weight is 410 g/mol. The van der Waals surface area contributed by atoms with Crippen molar-refractivity contribution in [3.8, 4) is 5.75 Å². The molecule has 28 heavy (non-hydrogen) atoms. The molecular formula is C20H28ClN3O4. The predicted molar refractivity (Wildman–Crippen MR) is 107 cm³/mol. The third kappa shape index (κ3) is 5.52. The molecule has 0 bridgehead atoms. The lowest BCUT2D eigenvalue weighted by atomic mass is 10.1. The topological polar surface area (TPSA) is 71.1 Å². The smallest absolute Gasteiger partial charge is 0.409 e. The zero-order valence-corrected chi connectivity index (χ0v) is 17.2. The van der Waals surface area contributed by atoms with Gasteiger partial charge in [-0.15, -0.1) is 0 Å². The molecule has 1 aromatic rings. The van der Waals surface area contributed by atoms with Crippen LogP contribution in [0.15, 0.2) is 18.2 Å². The summed E-state index contributed by atoms with van der Waals surface area (Å²) in [5, 5.41) is 3.76. The van der Waals surface area contributed by atoms with Crippen molar-refractivity contribution in [2.24, 2.45) is 0 Å². The fraction of sp³-hybridized carbons (Fsp3) is 0.600. The van der Waals surface area contributed by atoms with E-state index >= 15 is 0 Å². The summed E-state index contributed by atoms with van der Waals surface area (Å²) in [6.07, 6.45) is 1.19. The molecule has 1 N–H and O–H groups in total. The van der Waals surface area contributed by atoms with Crippen LogP contribution in [0, 0.1) is 0 Å². The molecule has 2 amide bonds. The second-order valence-electron chi connectivity index (χ2n) is 7.38. The number of hydrogen-bond donors (Lipinski definition) is 1. The molecule has 1 fully saturated rings. The van der Waals surface area contributed by atoms with Crippen LogP contribution in [-0.4, -0.2) is 66.7 Å². The molecule has 1 atom stereocenters. The second-order valence-corrected chi connectivity index (χ2v) is 7.81. The Morgan fingerprint density at radius 3 is 2.79 bits per heavy atom. The Morgan fingerprint density at radius 2 is 2.07 bits per heavy atom. The minimum atomic E-state index is -0.275. The number of halogens is 1. The Balaban J connectivity index is 1.50. The van der Waals surface area contributed by atoms with Crippen LogP contribution in [-0.2, 0) is 16.1 Å². The summed E-state index contributed by atoms with van der Waals surface area (Å²) in [6, 6.07) is 5.68. The monoisotopic (exact) mass is 409 g/mol. The van der Waals surface area contributed by atoms with Gasteiger partial charge in [0.1, 0.15) is 11.9 Å². The zero-order valence-electron chi connectivity index (χ0n) is 16.4. The van der Waals surface area contributed by atoms with Crippen LogP contribution >= 0.6 is 11.6 Å². The van der Waals surface area contributed by atoms with Crippen molar-refractivity contribution < 1.29 is 19.1 Å². The summed E-state index contributed by atoms with van der Waals surface area (Å²) in [7, 11) is 0. The number of nitrogens with zero attached hydrogens (tertiary/aromatic N) is 2. The highest BCUT2D eigenvalue weighted by Crippen LogP contribution is 2.27. The van der Waals surface area contributed by atoms with Crippen LogP contribution in [0.25, 0.3) is 0 Å². The van der Waals surface area contributed by atoms with Gasteiger partial charge in [-0.25, -0.2) is 4.79 Å². The van der Waals surface area contributed by atoms with Crippen molar-refractivity contribution in [1.29, 1.82) is 0 Å². The Bertz CT molecular complexity index is 707. The molecule has 0 aromatic heterocycles. The van der Waals surface area contributed by atoms with Gasteiger partial charge in [-0.1, -0.05) is 11.6 Å². The molecule has 0 saturated carbocycles. The van der Waals surface area contributed by atoms with Gasteiger partial charge in [-0.3, -0.25) is 9.69 Å². The van der Waals surface area contributed by atoms with Gasteiger partial charge in [-0.05, 0) is 44.9 Å². The highest BCUT2D eigenvalue weighted by atomic mass is 35.5. The van der Waals surface area contributed by atoms with E-state index in [1.807, 2.05) is 25.1 Å². The van der Waals surface area contributed by atoms with Crippen molar-refractivity contribution in [3.05, 3.63) is 28.8 Å². The molecular weight excluding hydrogens is 382 g/mol. The number of ether oxygens (including phenoxy) is 2. The Morgan fingerprint density at radius 1 is 1.32 bits per heavy atom. The van der Waals surface area contributed by atoms with Crippen molar-refractivity contribution in [3.63, 3.8) is 0 Å². The van der Waals surface area contributed by atoms with Crippen LogP contribution in [0.5, 0.6) is 5.75 Å². The van der Waals surface area contributed by atoms with Crippen LogP contribution in [0.4, 0.5) is 4.79 Å². The molecule has 0 radical (unpaired) electrons. The Hall–Kier alpha value is -1.99. The molecule has 1 aromatic carbocycles. The lowest BCUT2D eigenvalue weighted by molar-refractivity contribution is -0.123. The molecule has 3 rings (SSSR count). The molecule has 154 valence electrons. The summed E-state index contributed by atoms with van der Waals surface area (Å²) in [4.78, 5) is 28.1. The molecule has 2 aliphatic rings. The SMILES string of the molecule is CCOC(=O)N1CCC(NC(=O)CN2Cc3cc(Cl)ccc3O[C@H](C)C2)CC1. The van der Waals surface area contributed by atoms with E-state index in [-0.39, 0.29) is 24.1 Å². The van der Waals surface area contributed by atoms with Crippen LogP contribution < -0.4 is 10.1 Å². The number of rotatable bonds is 4. The fourth-order valence-electron chi connectivity index (χ4n) is 3.73. The highest BCUT2D eigenvalue weighted by Gasteiger charge is 2.26. The second kappa shape index (κ2) is 9.47. The largest absolute Gasteiger partial charge is 0.489 e. The lowest BCUT2D eigenvalue weighted by Gasteiger charge is -2.32. The maximum atomic E-state index is 12.6. The predicted octanol–water partition coefficient (Wildman–Crippen LogP) is 2.66. The molecule has 2 heterocycles. The maximum Gasteiger partial charge on any atom is 0.409 e. The first-order chi connectivity index (χ1) is 13.4. The van der Waals surface area contributed by atoms with Gasteiger partial charge >= 0.3 is 6.09 Å². The van der Waals surface area contributed by atoms with Crippen molar-refractivity contribution >= 4 is 23.6 Å². The molecule has 0 spiro atoms. The summed E-state index contributed by atoms with van der Waals surface area (Å²) in [5.41, 5.74) is 0.993. The number of benzene rings is 1. The van der Waals surface area contributed by atoms with Crippen molar-refractivity contribution in [2.75, 3.05) is 32.8 Å². The summed E-state index contributed by atoms with van der Waals surface area (Å²) in [6.45, 7) is 6.97. The van der Waals surface area contributed by atoms with Crippen molar-refractivity contribution in [2.45, 2.75) is 45.4 Å². The van der Waals surface area contributed by atoms with Gasteiger partial charge in [0.2, 0.25) is 5.91 Å². The number of carbonyl (C=O) groups excluding carboxylic acids is 2. The minimum Gasteiger partial charge on any atom is -0.489 e. The zero-order chi connectivity index (χ0) is 20.1. The molecule has 2 aliphatic heterocycles. The Kier molecular flexibility index (Phi) is 7.02. The standard InChI is InChI=1S/C20H28ClN3O4/c1-3-27-20(26)24-8-6-17(7-9-24)22-19(25)13-23-11-14(2)28-18-5-4-16(21)10-15(18)12-23/h4-5,10,14,17H,3,6-9,11-13H2,1-2H3,(H,22,25)/t14-/m1/s1. The van der Waals surface area contributed by atoms with Crippen LogP contribution in [0.1, 0.15) is 32.3 Å². The van der Waals surface area contributed by atoms with Gasteiger partial charge in [0, 0.05) is 42.8 Å². The first-order valence-electron chi connectivity index (χ1n) is 9.83. The number of likely N-dealkylation sites (tertiary alicyclic amines) is 1. The van der Waals surface area contributed by atoms with Gasteiger partial charge in [-0.2, -0.15) is 0 Å². The lowest BCUT2D eigenvalue weighted by Crippen LogP contribution is -2.49. The van der Waals surface area contributed by atoms with E-state index in [0.29, 0.717) is 44.4 Å². The van der Waals surface area contributed by atoms with Crippen LogP contribution in [0.3, 0.4) is 0 Å². The Labute approximate surface area is 170 Å². The quantitative estimate of drug-likeness (QED) is 0.827. The third-order valence-corrected chi connectivity index (χ3v) is 5.25. The third-order valence-electron chi connectivity index (χ3n) is 5.01. The molecule has 0 unspecified atom stereocenters. The molecule has 0 aliphatic carbocycles. The van der Waals surface area contributed by atoms with Crippen LogP contribution in [0.2, 0.25) is 5.02 Å². The first-order valence-corrected chi connectivity index (χ1v) is 10.2. The van der Waals surface area contributed by atoms with Gasteiger partial charge < -0.3 is 19.7 Å².